The fraction of sp³-hybridized carbons (Fsp3) is 0.923. The van der Waals surface area contributed by atoms with E-state index in [1.807, 2.05) is 6.92 Å². The summed E-state index contributed by atoms with van der Waals surface area (Å²) in [6.45, 7) is 8.04. The number of likely N-dealkylation sites (tertiary alicyclic amines) is 1. The largest absolute Gasteiger partial charge is 0.393 e. The summed E-state index contributed by atoms with van der Waals surface area (Å²) in [5.74, 6) is 0.656. The highest BCUT2D eigenvalue weighted by molar-refractivity contribution is 5.80. The molecule has 1 aliphatic heterocycles. The quantitative estimate of drug-likeness (QED) is 0.794. The minimum atomic E-state index is -0.357. The molecule has 0 saturated carbocycles. The zero-order valence-corrected chi connectivity index (χ0v) is 11.2. The molecular weight excluding hydrogens is 218 g/mol. The number of carbonyl (C=O) groups is 1. The average molecular weight is 243 g/mol. The molecule has 1 amide bonds. The van der Waals surface area contributed by atoms with Crippen LogP contribution in [0.4, 0.5) is 0 Å². The van der Waals surface area contributed by atoms with Crippen LogP contribution in [0.2, 0.25) is 0 Å². The van der Waals surface area contributed by atoms with Crippen LogP contribution in [0.3, 0.4) is 0 Å². The molecule has 0 bridgehead atoms. The zero-order valence-electron chi connectivity index (χ0n) is 11.2. The van der Waals surface area contributed by atoms with Gasteiger partial charge in [0, 0.05) is 19.7 Å². The van der Waals surface area contributed by atoms with Gasteiger partial charge in [0.25, 0.3) is 5.91 Å². The van der Waals surface area contributed by atoms with Crippen LogP contribution in [0.5, 0.6) is 0 Å². The van der Waals surface area contributed by atoms with E-state index in [4.69, 9.17) is 4.74 Å². The number of carbonyl (C=O) groups excluding carboxylic acids is 1. The Balaban J connectivity index is 2.26. The van der Waals surface area contributed by atoms with Crippen LogP contribution in [0.15, 0.2) is 0 Å². The molecule has 100 valence electrons. The molecule has 1 rings (SSSR count). The maximum Gasteiger partial charge on any atom is 0.251 e. The van der Waals surface area contributed by atoms with Gasteiger partial charge in [-0.3, -0.25) is 4.79 Å². The number of rotatable bonds is 5. The fourth-order valence-corrected chi connectivity index (χ4v) is 1.90. The first-order chi connectivity index (χ1) is 8.00. The molecule has 1 N–H and O–H groups in total. The Morgan fingerprint density at radius 2 is 1.94 bits per heavy atom. The fourth-order valence-electron chi connectivity index (χ4n) is 1.90. The summed E-state index contributed by atoms with van der Waals surface area (Å²) in [5, 5.41) is 9.38. The van der Waals surface area contributed by atoms with Gasteiger partial charge in [0.15, 0.2) is 0 Å². The average Bonchev–Trinajstić information content (AvgIpc) is 2.28. The van der Waals surface area contributed by atoms with E-state index in [9.17, 15) is 9.90 Å². The summed E-state index contributed by atoms with van der Waals surface area (Å²) in [7, 11) is 0. The molecule has 4 nitrogen and oxygen atoms in total. The van der Waals surface area contributed by atoms with Crippen LogP contribution in [-0.2, 0) is 9.53 Å². The highest BCUT2D eigenvalue weighted by Gasteiger charge is 2.25. The van der Waals surface area contributed by atoms with E-state index in [-0.39, 0.29) is 18.1 Å². The predicted octanol–water partition coefficient (Wildman–Crippen LogP) is 1.42. The Morgan fingerprint density at radius 1 is 1.35 bits per heavy atom. The third kappa shape index (κ3) is 5.04. The van der Waals surface area contributed by atoms with Crippen LogP contribution in [0.25, 0.3) is 0 Å². The van der Waals surface area contributed by atoms with Gasteiger partial charge < -0.3 is 14.7 Å². The number of hydrogen-bond acceptors (Lipinski definition) is 3. The van der Waals surface area contributed by atoms with Gasteiger partial charge in [-0.1, -0.05) is 13.8 Å². The van der Waals surface area contributed by atoms with Crippen molar-refractivity contribution < 1.29 is 14.6 Å². The maximum atomic E-state index is 12.0. The van der Waals surface area contributed by atoms with Gasteiger partial charge in [-0.15, -0.1) is 0 Å². The molecule has 0 aromatic carbocycles. The first kappa shape index (κ1) is 14.5. The summed E-state index contributed by atoms with van der Waals surface area (Å²) < 4.78 is 5.54. The Kier molecular flexibility index (Phi) is 5.92. The standard InChI is InChI=1S/C13H25NO3/c1-10(2)6-9-17-11(3)13(16)14-7-4-12(15)5-8-14/h10-12,15H,4-9H2,1-3H3. The number of ether oxygens (including phenoxy) is 1. The molecule has 1 aliphatic rings. The summed E-state index contributed by atoms with van der Waals surface area (Å²) in [6.07, 6.45) is 1.76. The zero-order chi connectivity index (χ0) is 12.8. The van der Waals surface area contributed by atoms with Crippen LogP contribution in [-0.4, -0.2) is 47.8 Å². The molecule has 17 heavy (non-hydrogen) atoms. The first-order valence-corrected chi connectivity index (χ1v) is 6.59. The van der Waals surface area contributed by atoms with Crippen molar-refractivity contribution in [3.63, 3.8) is 0 Å². The molecule has 0 radical (unpaired) electrons. The highest BCUT2D eigenvalue weighted by atomic mass is 16.5. The van der Waals surface area contributed by atoms with Crippen molar-refractivity contribution >= 4 is 5.91 Å². The molecule has 1 atom stereocenters. The Labute approximate surface area is 104 Å². The number of amides is 1. The number of nitrogens with zero attached hydrogens (tertiary/aromatic N) is 1. The summed E-state index contributed by atoms with van der Waals surface area (Å²) in [6, 6.07) is 0. The SMILES string of the molecule is CC(C)CCOC(C)C(=O)N1CCC(O)CC1. The molecule has 1 fully saturated rings. The monoisotopic (exact) mass is 243 g/mol. The van der Waals surface area contributed by atoms with Gasteiger partial charge in [-0.2, -0.15) is 0 Å². The number of aliphatic hydroxyl groups excluding tert-OH is 1. The molecule has 0 aromatic heterocycles. The Bertz CT molecular complexity index is 235. The van der Waals surface area contributed by atoms with E-state index in [1.165, 1.54) is 0 Å². The summed E-state index contributed by atoms with van der Waals surface area (Å²) in [4.78, 5) is 13.8. The lowest BCUT2D eigenvalue weighted by Crippen LogP contribution is -2.45. The Morgan fingerprint density at radius 3 is 2.47 bits per heavy atom. The second-order valence-corrected chi connectivity index (χ2v) is 5.25. The van der Waals surface area contributed by atoms with Crippen LogP contribution in [0.1, 0.15) is 40.0 Å². The van der Waals surface area contributed by atoms with Crippen molar-refractivity contribution in [2.75, 3.05) is 19.7 Å². The molecule has 0 aromatic rings. The minimum absolute atomic E-state index is 0.0562. The normalized spacial score (nSPS) is 19.7. The van der Waals surface area contributed by atoms with Gasteiger partial charge in [-0.25, -0.2) is 0 Å². The van der Waals surface area contributed by atoms with Gasteiger partial charge in [0.05, 0.1) is 6.10 Å². The smallest absolute Gasteiger partial charge is 0.251 e. The van der Waals surface area contributed by atoms with Crippen molar-refractivity contribution in [1.82, 2.24) is 4.90 Å². The lowest BCUT2D eigenvalue weighted by Gasteiger charge is -2.31. The van der Waals surface area contributed by atoms with Crippen LogP contribution in [0, 0.1) is 5.92 Å². The van der Waals surface area contributed by atoms with Gasteiger partial charge >= 0.3 is 0 Å². The molecule has 1 heterocycles. The molecule has 4 heteroatoms. The van der Waals surface area contributed by atoms with E-state index in [1.54, 1.807) is 4.90 Å². The summed E-state index contributed by atoms with van der Waals surface area (Å²) >= 11 is 0. The Hall–Kier alpha value is -0.610. The van der Waals surface area contributed by atoms with E-state index in [0.29, 0.717) is 38.5 Å². The lowest BCUT2D eigenvalue weighted by atomic mass is 10.1. The second kappa shape index (κ2) is 6.97. The third-order valence-electron chi connectivity index (χ3n) is 3.19. The third-order valence-corrected chi connectivity index (χ3v) is 3.19. The highest BCUT2D eigenvalue weighted by Crippen LogP contribution is 2.12. The first-order valence-electron chi connectivity index (χ1n) is 6.59. The molecular formula is C13H25NO3. The number of hydrogen-bond donors (Lipinski definition) is 1. The summed E-state index contributed by atoms with van der Waals surface area (Å²) in [5.41, 5.74) is 0. The van der Waals surface area contributed by atoms with Crippen molar-refractivity contribution in [1.29, 1.82) is 0 Å². The van der Waals surface area contributed by atoms with Gasteiger partial charge in [-0.05, 0) is 32.1 Å². The van der Waals surface area contributed by atoms with E-state index in [0.717, 1.165) is 6.42 Å². The molecule has 0 aliphatic carbocycles. The van der Waals surface area contributed by atoms with Crippen molar-refractivity contribution in [3.05, 3.63) is 0 Å². The lowest BCUT2D eigenvalue weighted by molar-refractivity contribution is -0.144. The minimum Gasteiger partial charge on any atom is -0.393 e. The topological polar surface area (TPSA) is 49.8 Å². The maximum absolute atomic E-state index is 12.0. The van der Waals surface area contributed by atoms with E-state index < -0.39 is 0 Å². The van der Waals surface area contributed by atoms with Gasteiger partial charge in [0.1, 0.15) is 6.10 Å². The van der Waals surface area contributed by atoms with Crippen LogP contribution >= 0.6 is 0 Å². The van der Waals surface area contributed by atoms with Gasteiger partial charge in [0.2, 0.25) is 0 Å². The van der Waals surface area contributed by atoms with E-state index in [2.05, 4.69) is 13.8 Å². The van der Waals surface area contributed by atoms with Crippen molar-refractivity contribution in [2.45, 2.75) is 52.2 Å². The van der Waals surface area contributed by atoms with Crippen LogP contribution < -0.4 is 0 Å². The van der Waals surface area contributed by atoms with Crippen molar-refractivity contribution in [3.8, 4) is 0 Å². The molecule has 1 saturated heterocycles. The van der Waals surface area contributed by atoms with Crippen molar-refractivity contribution in [2.24, 2.45) is 5.92 Å². The number of piperidine rings is 1. The molecule has 1 unspecified atom stereocenters. The molecule has 0 spiro atoms. The number of aliphatic hydroxyl groups is 1. The predicted molar refractivity (Wildman–Crippen MR) is 66.7 cm³/mol. The second-order valence-electron chi connectivity index (χ2n) is 5.25. The van der Waals surface area contributed by atoms with E-state index >= 15 is 0 Å².